The number of methoxy groups -OCH3 is 1. The SMILES string of the molecule is COc1cc(C(C)Nc2ccc(CCO)cc2)ccc1SC. The first-order valence-corrected chi connectivity index (χ1v) is 8.58. The number of aliphatic hydroxyl groups excluding tert-OH is 1. The zero-order valence-corrected chi connectivity index (χ0v) is 14.1. The number of hydrogen-bond acceptors (Lipinski definition) is 4. The van der Waals surface area contributed by atoms with E-state index >= 15 is 0 Å². The summed E-state index contributed by atoms with van der Waals surface area (Å²) in [7, 11) is 1.71. The topological polar surface area (TPSA) is 41.5 Å². The zero-order chi connectivity index (χ0) is 15.9. The van der Waals surface area contributed by atoms with Gasteiger partial charge in [0.15, 0.2) is 0 Å². The van der Waals surface area contributed by atoms with Crippen LogP contribution in [0.25, 0.3) is 0 Å². The third-order valence-corrected chi connectivity index (χ3v) is 4.42. The summed E-state index contributed by atoms with van der Waals surface area (Å²) < 4.78 is 5.45. The second kappa shape index (κ2) is 8.11. The van der Waals surface area contributed by atoms with Crippen molar-refractivity contribution >= 4 is 17.4 Å². The minimum atomic E-state index is 0.185. The van der Waals surface area contributed by atoms with Gasteiger partial charge < -0.3 is 15.2 Å². The van der Waals surface area contributed by atoms with Crippen molar-refractivity contribution in [3.63, 3.8) is 0 Å². The fraction of sp³-hybridized carbons (Fsp3) is 0.333. The average Bonchev–Trinajstić information content (AvgIpc) is 2.56. The number of thioether (sulfide) groups is 1. The molecule has 2 aromatic rings. The summed E-state index contributed by atoms with van der Waals surface area (Å²) in [4.78, 5) is 1.15. The van der Waals surface area contributed by atoms with Gasteiger partial charge in [0.2, 0.25) is 0 Å². The zero-order valence-electron chi connectivity index (χ0n) is 13.3. The highest BCUT2D eigenvalue weighted by Gasteiger charge is 2.09. The summed E-state index contributed by atoms with van der Waals surface area (Å²) in [6.07, 6.45) is 2.75. The Labute approximate surface area is 136 Å². The van der Waals surface area contributed by atoms with Gasteiger partial charge in [0.25, 0.3) is 0 Å². The van der Waals surface area contributed by atoms with Gasteiger partial charge in [-0.1, -0.05) is 18.2 Å². The van der Waals surface area contributed by atoms with Crippen LogP contribution >= 0.6 is 11.8 Å². The molecular weight excluding hydrogens is 294 g/mol. The van der Waals surface area contributed by atoms with Crippen LogP contribution in [0.15, 0.2) is 47.4 Å². The number of hydrogen-bond donors (Lipinski definition) is 2. The lowest BCUT2D eigenvalue weighted by Gasteiger charge is -2.18. The molecule has 0 amide bonds. The van der Waals surface area contributed by atoms with Crippen LogP contribution in [-0.4, -0.2) is 25.1 Å². The second-order valence-electron chi connectivity index (χ2n) is 5.15. The van der Waals surface area contributed by atoms with Gasteiger partial charge in [0.1, 0.15) is 5.75 Å². The lowest BCUT2D eigenvalue weighted by atomic mass is 10.1. The number of anilines is 1. The van der Waals surface area contributed by atoms with E-state index in [1.54, 1.807) is 18.9 Å². The van der Waals surface area contributed by atoms with E-state index < -0.39 is 0 Å². The quantitative estimate of drug-likeness (QED) is 0.754. The Bertz CT molecular complexity index is 599. The fourth-order valence-corrected chi connectivity index (χ4v) is 2.90. The van der Waals surface area contributed by atoms with Crippen LogP contribution in [-0.2, 0) is 6.42 Å². The molecule has 0 aliphatic carbocycles. The highest BCUT2D eigenvalue weighted by molar-refractivity contribution is 7.98. The molecule has 0 bridgehead atoms. The minimum absolute atomic E-state index is 0.185. The Morgan fingerprint density at radius 3 is 2.50 bits per heavy atom. The first-order chi connectivity index (χ1) is 10.7. The standard InChI is InChI=1S/C18H23NO2S/c1-13(15-6-9-18(22-3)17(12-15)21-2)19-16-7-4-14(5-8-16)10-11-20/h4-9,12-13,19-20H,10-11H2,1-3H3. The molecule has 0 saturated heterocycles. The third kappa shape index (κ3) is 4.18. The minimum Gasteiger partial charge on any atom is -0.496 e. The molecule has 0 spiro atoms. The molecule has 4 heteroatoms. The Kier molecular flexibility index (Phi) is 6.16. The number of rotatable bonds is 7. The smallest absolute Gasteiger partial charge is 0.132 e. The van der Waals surface area contributed by atoms with Crippen LogP contribution in [0.4, 0.5) is 5.69 Å². The molecule has 0 heterocycles. The molecule has 2 aromatic carbocycles. The van der Waals surface area contributed by atoms with Crippen molar-refractivity contribution in [2.75, 3.05) is 25.3 Å². The van der Waals surface area contributed by atoms with E-state index in [0.29, 0.717) is 6.42 Å². The van der Waals surface area contributed by atoms with E-state index in [-0.39, 0.29) is 12.6 Å². The van der Waals surface area contributed by atoms with Crippen LogP contribution in [0.1, 0.15) is 24.1 Å². The van der Waals surface area contributed by atoms with Gasteiger partial charge in [-0.05, 0) is 55.0 Å². The van der Waals surface area contributed by atoms with Crippen molar-refractivity contribution in [2.45, 2.75) is 24.3 Å². The van der Waals surface area contributed by atoms with Crippen molar-refractivity contribution in [3.8, 4) is 5.75 Å². The van der Waals surface area contributed by atoms with E-state index in [4.69, 9.17) is 9.84 Å². The molecule has 1 atom stereocenters. The summed E-state index contributed by atoms with van der Waals surface area (Å²) in [6.45, 7) is 2.32. The lowest BCUT2D eigenvalue weighted by molar-refractivity contribution is 0.299. The first-order valence-electron chi connectivity index (χ1n) is 7.36. The van der Waals surface area contributed by atoms with Crippen LogP contribution in [0, 0.1) is 0 Å². The van der Waals surface area contributed by atoms with Crippen molar-refractivity contribution < 1.29 is 9.84 Å². The third-order valence-electron chi connectivity index (χ3n) is 3.65. The number of ether oxygens (including phenoxy) is 1. The Balaban J connectivity index is 2.09. The summed E-state index contributed by atoms with van der Waals surface area (Å²) in [6, 6.07) is 14.7. The van der Waals surface area contributed by atoms with Gasteiger partial charge in [-0.15, -0.1) is 11.8 Å². The van der Waals surface area contributed by atoms with Crippen molar-refractivity contribution in [1.29, 1.82) is 0 Å². The first kappa shape index (κ1) is 16.7. The van der Waals surface area contributed by atoms with Crippen molar-refractivity contribution in [3.05, 3.63) is 53.6 Å². The molecule has 118 valence electrons. The van der Waals surface area contributed by atoms with Crippen LogP contribution < -0.4 is 10.1 Å². The average molecular weight is 317 g/mol. The molecule has 0 radical (unpaired) electrons. The summed E-state index contributed by atoms with van der Waals surface area (Å²) >= 11 is 1.68. The number of nitrogens with one attached hydrogen (secondary N) is 1. The second-order valence-corrected chi connectivity index (χ2v) is 6.00. The Morgan fingerprint density at radius 2 is 1.91 bits per heavy atom. The Morgan fingerprint density at radius 1 is 1.18 bits per heavy atom. The molecule has 0 aliphatic rings. The van der Waals surface area contributed by atoms with E-state index in [0.717, 1.165) is 21.9 Å². The monoisotopic (exact) mass is 317 g/mol. The molecule has 0 aliphatic heterocycles. The largest absolute Gasteiger partial charge is 0.496 e. The van der Waals surface area contributed by atoms with E-state index in [1.165, 1.54) is 5.56 Å². The van der Waals surface area contributed by atoms with Gasteiger partial charge in [-0.25, -0.2) is 0 Å². The molecular formula is C18H23NO2S. The van der Waals surface area contributed by atoms with Gasteiger partial charge in [-0.2, -0.15) is 0 Å². The molecule has 2 rings (SSSR count). The van der Waals surface area contributed by atoms with Crippen LogP contribution in [0.2, 0.25) is 0 Å². The molecule has 1 unspecified atom stereocenters. The maximum Gasteiger partial charge on any atom is 0.132 e. The van der Waals surface area contributed by atoms with E-state index in [9.17, 15) is 0 Å². The van der Waals surface area contributed by atoms with Gasteiger partial charge >= 0.3 is 0 Å². The van der Waals surface area contributed by atoms with E-state index in [1.807, 2.05) is 18.4 Å². The Hall–Kier alpha value is -1.65. The molecule has 3 nitrogen and oxygen atoms in total. The highest BCUT2D eigenvalue weighted by atomic mass is 32.2. The summed E-state index contributed by atoms with van der Waals surface area (Å²) in [5.41, 5.74) is 3.41. The predicted octanol–water partition coefficient (Wildman–Crippen LogP) is 4.13. The van der Waals surface area contributed by atoms with Gasteiger partial charge in [0, 0.05) is 23.2 Å². The number of aliphatic hydroxyl groups is 1. The molecule has 0 saturated carbocycles. The van der Waals surface area contributed by atoms with Crippen LogP contribution in [0.5, 0.6) is 5.75 Å². The lowest BCUT2D eigenvalue weighted by Crippen LogP contribution is -2.07. The van der Waals surface area contributed by atoms with Crippen molar-refractivity contribution in [2.24, 2.45) is 0 Å². The van der Waals surface area contributed by atoms with Crippen molar-refractivity contribution in [1.82, 2.24) is 0 Å². The summed E-state index contributed by atoms with van der Waals surface area (Å²) in [5, 5.41) is 12.4. The summed E-state index contributed by atoms with van der Waals surface area (Å²) in [5.74, 6) is 0.914. The van der Waals surface area contributed by atoms with Gasteiger partial charge in [0.05, 0.1) is 7.11 Å². The molecule has 0 fully saturated rings. The number of benzene rings is 2. The molecule has 22 heavy (non-hydrogen) atoms. The molecule has 2 N–H and O–H groups in total. The maximum absolute atomic E-state index is 8.95. The molecule has 0 aromatic heterocycles. The maximum atomic E-state index is 8.95. The van der Waals surface area contributed by atoms with Gasteiger partial charge in [-0.3, -0.25) is 0 Å². The fourth-order valence-electron chi connectivity index (χ4n) is 2.35. The normalized spacial score (nSPS) is 12.0. The van der Waals surface area contributed by atoms with Crippen LogP contribution in [0.3, 0.4) is 0 Å². The predicted molar refractivity (Wildman–Crippen MR) is 94.0 cm³/mol. The highest BCUT2D eigenvalue weighted by Crippen LogP contribution is 2.31. The van der Waals surface area contributed by atoms with E-state index in [2.05, 4.69) is 42.6 Å².